The van der Waals surface area contributed by atoms with Crippen molar-refractivity contribution in [2.45, 2.75) is 13.8 Å². The largest absolute Gasteiger partial charge is 0.339 e. The van der Waals surface area contributed by atoms with Gasteiger partial charge in [0, 0.05) is 23.8 Å². The van der Waals surface area contributed by atoms with Crippen LogP contribution in [0.2, 0.25) is 0 Å². The van der Waals surface area contributed by atoms with Gasteiger partial charge in [-0.25, -0.2) is 20.4 Å². The molecule has 4 rings (SSSR count). The molecule has 2 heterocycles. The minimum Gasteiger partial charge on any atom is -0.307 e. The lowest BCUT2D eigenvalue weighted by Crippen LogP contribution is -2.24. The maximum atomic E-state index is 11.4. The molecule has 0 unspecified atom stereocenters. The van der Waals surface area contributed by atoms with Crippen molar-refractivity contribution in [3.8, 4) is 0 Å². The third-order valence-corrected chi connectivity index (χ3v) is 4.16. The fourth-order valence-corrected chi connectivity index (χ4v) is 2.58. The van der Waals surface area contributed by atoms with E-state index >= 15 is 0 Å². The van der Waals surface area contributed by atoms with E-state index in [2.05, 4.69) is 41.7 Å². The van der Waals surface area contributed by atoms with Gasteiger partial charge in [0.25, 0.3) is 0 Å². The molecule has 2 aromatic heterocycles. The maximum absolute atomic E-state index is 11.4. The van der Waals surface area contributed by atoms with Gasteiger partial charge >= 0.3 is 12.1 Å². The van der Waals surface area contributed by atoms with Crippen LogP contribution in [0.25, 0.3) is 0 Å². The Kier molecular flexibility index (Phi) is 14.1. The molecular weight excluding hydrogens is 508 g/mol. The lowest BCUT2D eigenvalue weighted by atomic mass is 10.3. The number of benzene rings is 2. The van der Waals surface area contributed by atoms with Gasteiger partial charge in [0.05, 0.1) is 23.8 Å². The SMILES string of the molecule is CC(C)=O.O=C(N/N=C/c1ccccn1)Nc1ccccc1.O=C(N/N=C/c1ccccn1)Nc1ccccc1. The molecule has 11 nitrogen and oxygen atoms in total. The number of carbonyl (C=O) groups excluding carboxylic acids is 3. The van der Waals surface area contributed by atoms with E-state index in [4.69, 9.17) is 0 Å². The molecule has 0 aliphatic rings. The van der Waals surface area contributed by atoms with E-state index in [1.54, 1.807) is 48.8 Å². The monoisotopic (exact) mass is 538 g/mol. The molecule has 0 bridgehead atoms. The van der Waals surface area contributed by atoms with Crippen molar-refractivity contribution in [1.29, 1.82) is 0 Å². The second-order valence-electron chi connectivity index (χ2n) is 7.80. The number of rotatable bonds is 6. The number of nitrogens with one attached hydrogen (secondary N) is 4. The van der Waals surface area contributed by atoms with Crippen molar-refractivity contribution in [2.75, 3.05) is 10.6 Å². The summed E-state index contributed by atoms with van der Waals surface area (Å²) in [6, 6.07) is 28.4. The average Bonchev–Trinajstić information content (AvgIpc) is 2.95. The van der Waals surface area contributed by atoms with E-state index in [-0.39, 0.29) is 5.78 Å². The number of hydrazone groups is 2. The summed E-state index contributed by atoms with van der Waals surface area (Å²) in [4.78, 5) is 40.4. The molecule has 0 atom stereocenters. The van der Waals surface area contributed by atoms with E-state index in [1.165, 1.54) is 26.3 Å². The number of nitrogens with zero attached hydrogens (tertiary/aromatic N) is 4. The zero-order valence-electron chi connectivity index (χ0n) is 22.1. The Bertz CT molecular complexity index is 1250. The van der Waals surface area contributed by atoms with Crippen LogP contribution in [0.15, 0.2) is 120 Å². The van der Waals surface area contributed by atoms with Crippen molar-refractivity contribution in [3.05, 3.63) is 121 Å². The van der Waals surface area contributed by atoms with E-state index in [0.29, 0.717) is 22.8 Å². The molecule has 0 radical (unpaired) electrons. The number of amides is 4. The van der Waals surface area contributed by atoms with Crippen LogP contribution in [0.5, 0.6) is 0 Å². The fourth-order valence-electron chi connectivity index (χ4n) is 2.58. The van der Waals surface area contributed by atoms with Gasteiger partial charge in [0.15, 0.2) is 0 Å². The van der Waals surface area contributed by atoms with Crippen LogP contribution in [-0.2, 0) is 4.79 Å². The third kappa shape index (κ3) is 14.8. The van der Waals surface area contributed by atoms with Gasteiger partial charge in [-0.2, -0.15) is 10.2 Å². The number of hydrogen-bond donors (Lipinski definition) is 4. The molecule has 40 heavy (non-hydrogen) atoms. The summed E-state index contributed by atoms with van der Waals surface area (Å²) in [6.07, 6.45) is 6.27. The number of pyridine rings is 2. The molecular formula is C29H30N8O3. The molecule has 2 aromatic carbocycles. The quantitative estimate of drug-likeness (QED) is 0.200. The van der Waals surface area contributed by atoms with Gasteiger partial charge in [0.1, 0.15) is 5.78 Å². The van der Waals surface area contributed by atoms with Crippen molar-refractivity contribution in [3.63, 3.8) is 0 Å². The highest BCUT2D eigenvalue weighted by molar-refractivity contribution is 5.90. The van der Waals surface area contributed by atoms with E-state index in [9.17, 15) is 14.4 Å². The minimum atomic E-state index is -0.395. The molecule has 0 saturated carbocycles. The molecule has 0 fully saturated rings. The lowest BCUT2D eigenvalue weighted by Gasteiger charge is -2.02. The smallest absolute Gasteiger partial charge is 0.307 e. The summed E-state index contributed by atoms with van der Waals surface area (Å²) in [5, 5.41) is 12.9. The normalized spacial score (nSPS) is 9.85. The molecule has 4 amide bonds. The molecule has 204 valence electrons. The Hall–Kier alpha value is -5.71. The van der Waals surface area contributed by atoms with Crippen LogP contribution in [0.1, 0.15) is 25.2 Å². The zero-order valence-corrected chi connectivity index (χ0v) is 22.1. The van der Waals surface area contributed by atoms with Gasteiger partial charge in [-0.05, 0) is 62.4 Å². The predicted octanol–water partition coefficient (Wildman–Crippen LogP) is 5.07. The van der Waals surface area contributed by atoms with Gasteiger partial charge in [-0.1, -0.05) is 48.5 Å². The Morgan fingerprint density at radius 1 is 0.575 bits per heavy atom. The predicted molar refractivity (Wildman–Crippen MR) is 157 cm³/mol. The maximum Gasteiger partial charge on any atom is 0.339 e. The first-order valence-corrected chi connectivity index (χ1v) is 12.0. The highest BCUT2D eigenvalue weighted by Crippen LogP contribution is 2.04. The Labute approximate surface area is 232 Å². The standard InChI is InChI=1S/2C13H12N4O.C3H6O/c2*18-13(16-11-6-2-1-3-7-11)17-15-10-12-8-4-5-9-14-12;1-3(2)4/h2*1-10H,(H2,16,17,18);1-2H3/b2*15-10+;. The van der Waals surface area contributed by atoms with Gasteiger partial charge < -0.3 is 15.4 Å². The average molecular weight is 539 g/mol. The number of urea groups is 2. The first kappa shape index (κ1) is 30.5. The van der Waals surface area contributed by atoms with E-state index in [0.717, 1.165) is 0 Å². The number of ketones is 1. The van der Waals surface area contributed by atoms with Crippen LogP contribution in [0, 0.1) is 0 Å². The minimum absolute atomic E-state index is 0.167. The van der Waals surface area contributed by atoms with Crippen molar-refractivity contribution < 1.29 is 14.4 Å². The number of para-hydroxylation sites is 2. The number of Topliss-reactive ketones (excluding diaryl/α,β-unsaturated/α-hetero) is 1. The summed E-state index contributed by atoms with van der Waals surface area (Å²) < 4.78 is 0. The molecule has 4 aromatic rings. The van der Waals surface area contributed by atoms with Crippen molar-refractivity contribution in [1.82, 2.24) is 20.8 Å². The van der Waals surface area contributed by atoms with Crippen LogP contribution in [-0.4, -0.2) is 40.2 Å². The molecule has 0 aliphatic heterocycles. The van der Waals surface area contributed by atoms with Crippen LogP contribution < -0.4 is 21.5 Å². The topological polar surface area (TPSA) is 150 Å². The summed E-state index contributed by atoms with van der Waals surface area (Å²) >= 11 is 0. The summed E-state index contributed by atoms with van der Waals surface area (Å²) in [5.74, 6) is 0.167. The molecule has 0 aliphatic carbocycles. The number of carbonyl (C=O) groups is 3. The molecule has 11 heteroatoms. The lowest BCUT2D eigenvalue weighted by molar-refractivity contribution is -0.115. The van der Waals surface area contributed by atoms with E-state index in [1.807, 2.05) is 60.7 Å². The second kappa shape index (κ2) is 18.5. The highest BCUT2D eigenvalue weighted by atomic mass is 16.2. The van der Waals surface area contributed by atoms with Gasteiger partial charge in [-0.15, -0.1) is 0 Å². The fraction of sp³-hybridized carbons (Fsp3) is 0.0690. The number of hydrogen-bond acceptors (Lipinski definition) is 7. The molecule has 4 N–H and O–H groups in total. The van der Waals surface area contributed by atoms with Crippen LogP contribution in [0.4, 0.5) is 21.0 Å². The number of aromatic nitrogens is 2. The van der Waals surface area contributed by atoms with Crippen LogP contribution in [0.3, 0.4) is 0 Å². The first-order valence-electron chi connectivity index (χ1n) is 12.0. The number of anilines is 2. The van der Waals surface area contributed by atoms with Crippen molar-refractivity contribution >= 4 is 41.6 Å². The summed E-state index contributed by atoms with van der Waals surface area (Å²) in [6.45, 7) is 3.06. The second-order valence-corrected chi connectivity index (χ2v) is 7.80. The van der Waals surface area contributed by atoms with Crippen LogP contribution >= 0.6 is 0 Å². The van der Waals surface area contributed by atoms with E-state index < -0.39 is 12.1 Å². The summed E-state index contributed by atoms with van der Waals surface area (Å²) in [7, 11) is 0. The molecule has 0 spiro atoms. The Morgan fingerprint density at radius 3 is 1.25 bits per heavy atom. The van der Waals surface area contributed by atoms with Gasteiger partial charge in [0.2, 0.25) is 0 Å². The van der Waals surface area contributed by atoms with Crippen molar-refractivity contribution in [2.24, 2.45) is 10.2 Å². The Morgan fingerprint density at radius 2 is 0.925 bits per heavy atom. The Balaban J connectivity index is 0.000000247. The summed E-state index contributed by atoms with van der Waals surface area (Å²) in [5.41, 5.74) is 7.50. The molecule has 0 saturated heterocycles. The van der Waals surface area contributed by atoms with Gasteiger partial charge in [-0.3, -0.25) is 9.97 Å². The third-order valence-electron chi connectivity index (χ3n) is 4.16. The highest BCUT2D eigenvalue weighted by Gasteiger charge is 1.99. The zero-order chi connectivity index (χ0) is 28.8. The first-order chi connectivity index (χ1) is 19.4.